The Balaban J connectivity index is 1.69. The SMILES string of the molecule is O=C(Nc1cc(F)ccc1Cl)C1CC2CC2C1. The number of nitrogens with one attached hydrogen (secondary N) is 1. The van der Waals surface area contributed by atoms with Crippen LogP contribution in [-0.4, -0.2) is 5.91 Å². The minimum Gasteiger partial charge on any atom is -0.324 e. The smallest absolute Gasteiger partial charge is 0.227 e. The van der Waals surface area contributed by atoms with Gasteiger partial charge in [-0.1, -0.05) is 11.6 Å². The molecular weight excluding hydrogens is 241 g/mol. The molecule has 2 aliphatic rings. The molecule has 0 bridgehead atoms. The van der Waals surface area contributed by atoms with Crippen LogP contribution in [0, 0.1) is 23.6 Å². The van der Waals surface area contributed by atoms with E-state index in [4.69, 9.17) is 11.6 Å². The van der Waals surface area contributed by atoms with Crippen LogP contribution >= 0.6 is 11.6 Å². The maximum atomic E-state index is 13.0. The second-order valence-electron chi connectivity index (χ2n) is 5.04. The van der Waals surface area contributed by atoms with Crippen molar-refractivity contribution in [2.75, 3.05) is 5.32 Å². The van der Waals surface area contributed by atoms with Crippen LogP contribution < -0.4 is 5.32 Å². The van der Waals surface area contributed by atoms with E-state index in [0.29, 0.717) is 10.7 Å². The molecule has 1 amide bonds. The molecule has 0 aliphatic heterocycles. The minimum absolute atomic E-state index is 0.0234. The lowest BCUT2D eigenvalue weighted by Gasteiger charge is -2.13. The van der Waals surface area contributed by atoms with Gasteiger partial charge in [0.15, 0.2) is 0 Å². The summed E-state index contributed by atoms with van der Waals surface area (Å²) in [5.74, 6) is 1.18. The molecule has 1 aromatic carbocycles. The molecule has 2 unspecified atom stereocenters. The topological polar surface area (TPSA) is 29.1 Å². The lowest BCUT2D eigenvalue weighted by molar-refractivity contribution is -0.120. The molecule has 3 rings (SSSR count). The third kappa shape index (κ3) is 2.16. The number of carbonyl (C=O) groups excluding carboxylic acids is 1. The van der Waals surface area contributed by atoms with Crippen LogP contribution in [0.25, 0.3) is 0 Å². The van der Waals surface area contributed by atoms with Crippen molar-refractivity contribution in [3.05, 3.63) is 29.0 Å². The van der Waals surface area contributed by atoms with Crippen molar-refractivity contribution in [3.63, 3.8) is 0 Å². The maximum Gasteiger partial charge on any atom is 0.227 e. The summed E-state index contributed by atoms with van der Waals surface area (Å²) in [7, 11) is 0. The molecule has 1 aromatic rings. The standard InChI is InChI=1S/C13H13ClFNO/c14-11-2-1-10(15)6-12(11)16-13(17)9-4-7-3-8(7)5-9/h1-2,6-9H,3-5H2,(H,16,17). The predicted octanol–water partition coefficient (Wildman–Crippen LogP) is 3.46. The summed E-state index contributed by atoms with van der Waals surface area (Å²) in [5.41, 5.74) is 0.372. The van der Waals surface area contributed by atoms with Crippen molar-refractivity contribution < 1.29 is 9.18 Å². The molecule has 0 radical (unpaired) electrons. The summed E-state index contributed by atoms with van der Waals surface area (Å²) in [6.45, 7) is 0. The van der Waals surface area contributed by atoms with Gasteiger partial charge in [-0.3, -0.25) is 4.79 Å². The highest BCUT2D eigenvalue weighted by molar-refractivity contribution is 6.33. The van der Waals surface area contributed by atoms with Gasteiger partial charge in [0.05, 0.1) is 10.7 Å². The third-order valence-electron chi connectivity index (χ3n) is 3.80. The molecule has 1 N–H and O–H groups in total. The molecule has 4 heteroatoms. The van der Waals surface area contributed by atoms with Gasteiger partial charge in [0.25, 0.3) is 0 Å². The molecule has 90 valence electrons. The minimum atomic E-state index is -0.390. The largest absolute Gasteiger partial charge is 0.324 e. The van der Waals surface area contributed by atoms with E-state index in [9.17, 15) is 9.18 Å². The predicted molar refractivity (Wildman–Crippen MR) is 64.4 cm³/mol. The van der Waals surface area contributed by atoms with Crippen molar-refractivity contribution in [2.24, 2.45) is 17.8 Å². The Kier molecular flexibility index (Phi) is 2.58. The van der Waals surface area contributed by atoms with Gasteiger partial charge in [-0.05, 0) is 49.3 Å². The number of rotatable bonds is 2. The molecule has 0 saturated heterocycles. The monoisotopic (exact) mass is 253 g/mol. The van der Waals surface area contributed by atoms with Gasteiger partial charge in [0.2, 0.25) is 5.91 Å². The van der Waals surface area contributed by atoms with Crippen LogP contribution in [0.3, 0.4) is 0 Å². The first-order chi connectivity index (χ1) is 8.13. The van der Waals surface area contributed by atoms with Crippen LogP contribution in [0.15, 0.2) is 18.2 Å². The number of hydrogen-bond donors (Lipinski definition) is 1. The lowest BCUT2D eigenvalue weighted by Crippen LogP contribution is -2.21. The highest BCUT2D eigenvalue weighted by Gasteiger charge is 2.48. The fourth-order valence-corrected chi connectivity index (χ4v) is 2.92. The number of hydrogen-bond acceptors (Lipinski definition) is 1. The molecule has 2 nitrogen and oxygen atoms in total. The first-order valence-electron chi connectivity index (χ1n) is 5.89. The van der Waals surface area contributed by atoms with E-state index < -0.39 is 0 Å². The summed E-state index contributed by atoms with van der Waals surface area (Å²) in [4.78, 5) is 12.0. The zero-order valence-electron chi connectivity index (χ0n) is 9.25. The first-order valence-corrected chi connectivity index (χ1v) is 6.27. The van der Waals surface area contributed by atoms with Gasteiger partial charge >= 0.3 is 0 Å². The Morgan fingerprint density at radius 1 is 1.29 bits per heavy atom. The van der Waals surface area contributed by atoms with Crippen LogP contribution in [0.5, 0.6) is 0 Å². The zero-order chi connectivity index (χ0) is 12.0. The zero-order valence-corrected chi connectivity index (χ0v) is 10.0. The second-order valence-corrected chi connectivity index (χ2v) is 5.44. The van der Waals surface area contributed by atoms with Gasteiger partial charge < -0.3 is 5.32 Å². The molecule has 2 fully saturated rings. The Morgan fingerprint density at radius 2 is 2.00 bits per heavy atom. The summed E-state index contributed by atoms with van der Waals surface area (Å²) in [6, 6.07) is 4.00. The van der Waals surface area contributed by atoms with Gasteiger partial charge in [0.1, 0.15) is 5.82 Å². The number of fused-ring (bicyclic) bond motifs is 1. The van der Waals surface area contributed by atoms with E-state index in [0.717, 1.165) is 24.7 Å². The molecule has 0 heterocycles. The van der Waals surface area contributed by atoms with E-state index in [1.165, 1.54) is 24.6 Å². The Bertz CT molecular complexity index is 466. The molecule has 2 saturated carbocycles. The third-order valence-corrected chi connectivity index (χ3v) is 4.13. The maximum absolute atomic E-state index is 13.0. The molecular formula is C13H13ClFNO. The van der Waals surface area contributed by atoms with Gasteiger partial charge in [-0.15, -0.1) is 0 Å². The van der Waals surface area contributed by atoms with Gasteiger partial charge in [-0.2, -0.15) is 0 Å². The van der Waals surface area contributed by atoms with E-state index >= 15 is 0 Å². The van der Waals surface area contributed by atoms with E-state index in [1.807, 2.05) is 0 Å². The first kappa shape index (κ1) is 11.0. The highest BCUT2D eigenvalue weighted by Crippen LogP contribution is 2.54. The van der Waals surface area contributed by atoms with Crippen LogP contribution in [0.1, 0.15) is 19.3 Å². The quantitative estimate of drug-likeness (QED) is 0.859. The molecule has 0 spiro atoms. The lowest BCUT2D eigenvalue weighted by atomic mass is 10.0. The van der Waals surface area contributed by atoms with E-state index in [-0.39, 0.29) is 17.6 Å². The van der Waals surface area contributed by atoms with Gasteiger partial charge in [0, 0.05) is 5.92 Å². The van der Waals surface area contributed by atoms with Crippen LogP contribution in [-0.2, 0) is 4.79 Å². The van der Waals surface area contributed by atoms with Crippen molar-refractivity contribution in [1.82, 2.24) is 0 Å². The van der Waals surface area contributed by atoms with Gasteiger partial charge in [-0.25, -0.2) is 4.39 Å². The highest BCUT2D eigenvalue weighted by atomic mass is 35.5. The Morgan fingerprint density at radius 3 is 2.71 bits per heavy atom. The number of halogens is 2. The Labute approximate surface area is 104 Å². The summed E-state index contributed by atoms with van der Waals surface area (Å²) in [6.07, 6.45) is 3.23. The molecule has 2 atom stereocenters. The average Bonchev–Trinajstić information content (AvgIpc) is 2.91. The van der Waals surface area contributed by atoms with Crippen LogP contribution in [0.2, 0.25) is 5.02 Å². The van der Waals surface area contributed by atoms with E-state index in [1.54, 1.807) is 0 Å². The summed E-state index contributed by atoms with van der Waals surface area (Å²) >= 11 is 5.90. The number of benzene rings is 1. The van der Waals surface area contributed by atoms with E-state index in [2.05, 4.69) is 5.32 Å². The fraction of sp³-hybridized carbons (Fsp3) is 0.462. The average molecular weight is 254 g/mol. The van der Waals surface area contributed by atoms with Crippen molar-refractivity contribution in [3.8, 4) is 0 Å². The number of amides is 1. The van der Waals surface area contributed by atoms with Crippen molar-refractivity contribution in [2.45, 2.75) is 19.3 Å². The summed E-state index contributed by atoms with van der Waals surface area (Å²) in [5, 5.41) is 3.10. The number of anilines is 1. The number of carbonyl (C=O) groups is 1. The molecule has 2 aliphatic carbocycles. The fourth-order valence-electron chi connectivity index (χ4n) is 2.76. The summed E-state index contributed by atoms with van der Waals surface area (Å²) < 4.78 is 13.0. The van der Waals surface area contributed by atoms with Crippen molar-refractivity contribution in [1.29, 1.82) is 0 Å². The van der Waals surface area contributed by atoms with Crippen LogP contribution in [0.4, 0.5) is 10.1 Å². The molecule has 17 heavy (non-hydrogen) atoms. The molecule has 0 aromatic heterocycles. The van der Waals surface area contributed by atoms with Crippen molar-refractivity contribution >= 4 is 23.2 Å². The normalized spacial score (nSPS) is 29.9. The Hall–Kier alpha value is -1.09. The second kappa shape index (κ2) is 3.98.